The van der Waals surface area contributed by atoms with Crippen LogP contribution < -0.4 is 5.32 Å². The maximum Gasteiger partial charge on any atom is 0.0667 e. The van der Waals surface area contributed by atoms with Crippen LogP contribution in [-0.2, 0) is 0 Å². The molecule has 0 aromatic carbocycles. The summed E-state index contributed by atoms with van der Waals surface area (Å²) in [6.07, 6.45) is 0.694. The van der Waals surface area contributed by atoms with Gasteiger partial charge in [-0.15, -0.1) is 12.4 Å². The number of aliphatic hydroxyl groups excluding tert-OH is 1. The predicted molar refractivity (Wildman–Crippen MR) is 65.0 cm³/mol. The van der Waals surface area contributed by atoms with Crippen molar-refractivity contribution in [2.24, 2.45) is 11.3 Å². The molecule has 0 aliphatic rings. The van der Waals surface area contributed by atoms with Gasteiger partial charge in [0, 0.05) is 13.1 Å². The zero-order valence-corrected chi connectivity index (χ0v) is 10.9. The highest BCUT2D eigenvalue weighted by atomic mass is 35.5. The van der Waals surface area contributed by atoms with Gasteiger partial charge in [0.1, 0.15) is 0 Å². The Kier molecular flexibility index (Phi) is 8.90. The van der Waals surface area contributed by atoms with E-state index in [2.05, 4.69) is 39.9 Å². The molecule has 1 unspecified atom stereocenters. The van der Waals surface area contributed by atoms with Gasteiger partial charge in [-0.2, -0.15) is 0 Å². The molecule has 0 saturated heterocycles. The van der Waals surface area contributed by atoms with E-state index in [4.69, 9.17) is 0 Å². The lowest BCUT2D eigenvalue weighted by Crippen LogP contribution is -2.33. The van der Waals surface area contributed by atoms with Crippen molar-refractivity contribution >= 4 is 12.4 Å². The van der Waals surface area contributed by atoms with E-state index >= 15 is 0 Å². The molecule has 0 aliphatic carbocycles. The second-order valence-electron chi connectivity index (χ2n) is 5.47. The number of nitrogens with one attached hydrogen (secondary N) is 1. The first kappa shape index (κ1) is 16.6. The molecule has 0 aromatic heterocycles. The van der Waals surface area contributed by atoms with Crippen LogP contribution in [0.2, 0.25) is 0 Å². The first-order valence-electron chi connectivity index (χ1n) is 5.20. The first-order chi connectivity index (χ1) is 5.81. The standard InChI is InChI=1S/C11H25NO.ClH/c1-9(2)6-10(13)7-12-8-11(3,4)5;/h9-10,12-13H,6-8H2,1-5H3;1H. The largest absolute Gasteiger partial charge is 0.392 e. The molecular weight excluding hydrogens is 198 g/mol. The Morgan fingerprint density at radius 2 is 1.71 bits per heavy atom. The predicted octanol–water partition coefficient (Wildman–Crippen LogP) is 2.45. The fourth-order valence-corrected chi connectivity index (χ4v) is 1.24. The third-order valence-corrected chi connectivity index (χ3v) is 1.78. The third kappa shape index (κ3) is 12.2. The van der Waals surface area contributed by atoms with E-state index < -0.39 is 0 Å². The van der Waals surface area contributed by atoms with Gasteiger partial charge >= 0.3 is 0 Å². The van der Waals surface area contributed by atoms with Gasteiger partial charge in [-0.25, -0.2) is 0 Å². The van der Waals surface area contributed by atoms with Gasteiger partial charge in [-0.1, -0.05) is 34.6 Å². The summed E-state index contributed by atoms with van der Waals surface area (Å²) in [5.41, 5.74) is 0.303. The van der Waals surface area contributed by atoms with Gasteiger partial charge in [0.05, 0.1) is 6.10 Å². The molecule has 0 radical (unpaired) electrons. The van der Waals surface area contributed by atoms with E-state index in [1.165, 1.54) is 0 Å². The molecule has 0 fully saturated rings. The minimum Gasteiger partial charge on any atom is -0.392 e. The first-order valence-corrected chi connectivity index (χ1v) is 5.20. The van der Waals surface area contributed by atoms with E-state index in [1.54, 1.807) is 0 Å². The number of halogens is 1. The fraction of sp³-hybridized carbons (Fsp3) is 1.00. The van der Waals surface area contributed by atoms with Gasteiger partial charge < -0.3 is 10.4 Å². The Hall–Kier alpha value is 0.210. The molecule has 0 rings (SSSR count). The number of hydrogen-bond acceptors (Lipinski definition) is 2. The maximum atomic E-state index is 9.55. The van der Waals surface area contributed by atoms with E-state index in [-0.39, 0.29) is 18.5 Å². The molecule has 0 bridgehead atoms. The molecule has 0 amide bonds. The quantitative estimate of drug-likeness (QED) is 0.751. The van der Waals surface area contributed by atoms with Crippen LogP contribution in [0.5, 0.6) is 0 Å². The summed E-state index contributed by atoms with van der Waals surface area (Å²) >= 11 is 0. The molecule has 0 spiro atoms. The van der Waals surface area contributed by atoms with E-state index in [1.807, 2.05) is 0 Å². The normalized spacial score (nSPS) is 13.9. The van der Waals surface area contributed by atoms with Gasteiger partial charge in [0.25, 0.3) is 0 Å². The van der Waals surface area contributed by atoms with Crippen molar-refractivity contribution in [1.29, 1.82) is 0 Å². The van der Waals surface area contributed by atoms with Crippen molar-refractivity contribution in [1.82, 2.24) is 5.32 Å². The van der Waals surface area contributed by atoms with Gasteiger partial charge in [0.2, 0.25) is 0 Å². The number of rotatable bonds is 5. The smallest absolute Gasteiger partial charge is 0.0667 e. The van der Waals surface area contributed by atoms with Crippen molar-refractivity contribution in [3.05, 3.63) is 0 Å². The monoisotopic (exact) mass is 223 g/mol. The highest BCUT2D eigenvalue weighted by molar-refractivity contribution is 5.85. The van der Waals surface area contributed by atoms with Crippen molar-refractivity contribution in [3.8, 4) is 0 Å². The summed E-state index contributed by atoms with van der Waals surface area (Å²) in [5.74, 6) is 0.575. The summed E-state index contributed by atoms with van der Waals surface area (Å²) in [5, 5.41) is 12.8. The Morgan fingerprint density at radius 3 is 2.07 bits per heavy atom. The Morgan fingerprint density at radius 1 is 1.21 bits per heavy atom. The average molecular weight is 224 g/mol. The lowest BCUT2D eigenvalue weighted by Gasteiger charge is -2.21. The topological polar surface area (TPSA) is 32.3 Å². The van der Waals surface area contributed by atoms with Crippen LogP contribution in [0.4, 0.5) is 0 Å². The number of aliphatic hydroxyl groups is 1. The summed E-state index contributed by atoms with van der Waals surface area (Å²) in [6, 6.07) is 0. The number of hydrogen-bond donors (Lipinski definition) is 2. The molecule has 88 valence electrons. The second-order valence-corrected chi connectivity index (χ2v) is 5.47. The SMILES string of the molecule is CC(C)CC(O)CNCC(C)(C)C.Cl. The molecule has 1 atom stereocenters. The van der Waals surface area contributed by atoms with Crippen molar-refractivity contribution < 1.29 is 5.11 Å². The van der Waals surface area contributed by atoms with Crippen LogP contribution in [0.1, 0.15) is 41.0 Å². The summed E-state index contributed by atoms with van der Waals surface area (Å²) < 4.78 is 0. The molecule has 2 nitrogen and oxygen atoms in total. The second kappa shape index (κ2) is 7.49. The van der Waals surface area contributed by atoms with Crippen molar-refractivity contribution in [2.75, 3.05) is 13.1 Å². The highest BCUT2D eigenvalue weighted by Crippen LogP contribution is 2.10. The summed E-state index contributed by atoms with van der Waals surface area (Å²) in [4.78, 5) is 0. The minimum absolute atomic E-state index is 0. The van der Waals surface area contributed by atoms with Crippen LogP contribution >= 0.6 is 12.4 Å². The molecular formula is C11H26ClNO. The Balaban J connectivity index is 0. The summed E-state index contributed by atoms with van der Waals surface area (Å²) in [6.45, 7) is 12.5. The molecule has 2 N–H and O–H groups in total. The maximum absolute atomic E-state index is 9.55. The zero-order chi connectivity index (χ0) is 10.5. The average Bonchev–Trinajstić information content (AvgIpc) is 1.81. The molecule has 0 aliphatic heterocycles. The van der Waals surface area contributed by atoms with E-state index in [9.17, 15) is 5.11 Å². The Bertz CT molecular complexity index is 132. The lowest BCUT2D eigenvalue weighted by atomic mass is 9.97. The molecule has 14 heavy (non-hydrogen) atoms. The molecule has 0 saturated carbocycles. The van der Waals surface area contributed by atoms with Crippen LogP contribution in [0.25, 0.3) is 0 Å². The zero-order valence-electron chi connectivity index (χ0n) is 10.1. The van der Waals surface area contributed by atoms with E-state index in [0.717, 1.165) is 19.5 Å². The fourth-order valence-electron chi connectivity index (χ4n) is 1.24. The molecule has 0 heterocycles. The minimum atomic E-state index is -0.192. The van der Waals surface area contributed by atoms with Crippen molar-refractivity contribution in [2.45, 2.75) is 47.1 Å². The Labute approximate surface area is 94.9 Å². The van der Waals surface area contributed by atoms with E-state index in [0.29, 0.717) is 11.3 Å². The van der Waals surface area contributed by atoms with Crippen LogP contribution in [0.15, 0.2) is 0 Å². The van der Waals surface area contributed by atoms with Crippen LogP contribution in [0, 0.1) is 11.3 Å². The highest BCUT2D eigenvalue weighted by Gasteiger charge is 2.11. The summed E-state index contributed by atoms with van der Waals surface area (Å²) in [7, 11) is 0. The lowest BCUT2D eigenvalue weighted by molar-refractivity contribution is 0.143. The van der Waals surface area contributed by atoms with Crippen LogP contribution in [-0.4, -0.2) is 24.3 Å². The third-order valence-electron chi connectivity index (χ3n) is 1.78. The van der Waals surface area contributed by atoms with Gasteiger partial charge in [0.15, 0.2) is 0 Å². The molecule has 3 heteroatoms. The molecule has 0 aromatic rings. The van der Waals surface area contributed by atoms with Gasteiger partial charge in [-0.05, 0) is 17.8 Å². The van der Waals surface area contributed by atoms with Gasteiger partial charge in [-0.3, -0.25) is 0 Å². The van der Waals surface area contributed by atoms with Crippen molar-refractivity contribution in [3.63, 3.8) is 0 Å². The van der Waals surface area contributed by atoms with Crippen LogP contribution in [0.3, 0.4) is 0 Å².